The van der Waals surface area contributed by atoms with Gasteiger partial charge < -0.3 is 4.98 Å². The summed E-state index contributed by atoms with van der Waals surface area (Å²) in [6.45, 7) is 6.20. The maximum absolute atomic E-state index is 12.0. The number of aromatic nitrogens is 6. The van der Waals surface area contributed by atoms with Crippen molar-refractivity contribution in [3.05, 3.63) is 46.2 Å². The minimum atomic E-state index is -0.206. The molecule has 0 aliphatic carbocycles. The molecule has 0 saturated carbocycles. The Labute approximate surface area is 133 Å². The first-order valence-corrected chi connectivity index (χ1v) is 7.27. The van der Waals surface area contributed by atoms with Crippen molar-refractivity contribution >= 4 is 23.2 Å². The Morgan fingerprint density at radius 1 is 1.13 bits per heavy atom. The van der Waals surface area contributed by atoms with Gasteiger partial charge in [0.15, 0.2) is 5.65 Å². The van der Waals surface area contributed by atoms with Gasteiger partial charge in [-0.1, -0.05) is 20.8 Å². The molecule has 1 N–H and O–H groups in total. The number of aromatic amines is 1. The van der Waals surface area contributed by atoms with Crippen molar-refractivity contribution < 1.29 is 0 Å². The van der Waals surface area contributed by atoms with Crippen molar-refractivity contribution in [1.29, 1.82) is 0 Å². The van der Waals surface area contributed by atoms with E-state index in [1.807, 2.05) is 6.08 Å². The van der Waals surface area contributed by atoms with Crippen molar-refractivity contribution in [2.45, 2.75) is 26.2 Å². The summed E-state index contributed by atoms with van der Waals surface area (Å²) in [5, 5.41) is 4.51. The second-order valence-electron chi connectivity index (χ2n) is 6.38. The van der Waals surface area contributed by atoms with Gasteiger partial charge in [0.25, 0.3) is 5.56 Å². The van der Waals surface area contributed by atoms with E-state index in [0.29, 0.717) is 16.9 Å². The van der Waals surface area contributed by atoms with Gasteiger partial charge in [-0.3, -0.25) is 9.48 Å². The van der Waals surface area contributed by atoms with E-state index in [2.05, 4.69) is 45.8 Å². The maximum Gasteiger partial charge on any atom is 0.262 e. The molecule has 3 rings (SSSR count). The summed E-state index contributed by atoms with van der Waals surface area (Å²) >= 11 is 0. The minimum absolute atomic E-state index is 0.0837. The lowest BCUT2D eigenvalue weighted by Crippen LogP contribution is -2.15. The van der Waals surface area contributed by atoms with Gasteiger partial charge in [0.05, 0.1) is 6.20 Å². The van der Waals surface area contributed by atoms with Crippen molar-refractivity contribution in [3.63, 3.8) is 0 Å². The Bertz CT molecular complexity index is 928. The minimum Gasteiger partial charge on any atom is -0.306 e. The molecule has 0 radical (unpaired) electrons. The predicted octanol–water partition coefficient (Wildman–Crippen LogP) is 1.91. The third kappa shape index (κ3) is 3.03. The van der Waals surface area contributed by atoms with Crippen LogP contribution >= 0.6 is 0 Å². The molecule has 0 atom stereocenters. The van der Waals surface area contributed by atoms with Crippen molar-refractivity contribution in [1.82, 2.24) is 29.7 Å². The third-order valence-electron chi connectivity index (χ3n) is 3.40. The molecule has 0 aliphatic rings. The number of nitrogens with zero attached hydrogens (tertiary/aromatic N) is 5. The van der Waals surface area contributed by atoms with E-state index in [-0.39, 0.29) is 11.0 Å². The van der Waals surface area contributed by atoms with Crippen LogP contribution in [-0.2, 0) is 12.5 Å². The first-order valence-electron chi connectivity index (χ1n) is 7.27. The molecule has 0 spiro atoms. The summed E-state index contributed by atoms with van der Waals surface area (Å²) in [5.41, 5.74) is 1.10. The van der Waals surface area contributed by atoms with Crippen molar-refractivity contribution in [2.75, 3.05) is 0 Å². The predicted molar refractivity (Wildman–Crippen MR) is 88.8 cm³/mol. The summed E-state index contributed by atoms with van der Waals surface area (Å²) in [4.78, 5) is 27.8. The first-order chi connectivity index (χ1) is 10.8. The molecule has 118 valence electrons. The van der Waals surface area contributed by atoms with E-state index in [1.54, 1.807) is 30.2 Å². The molecule has 3 heterocycles. The molecule has 0 aliphatic heterocycles. The van der Waals surface area contributed by atoms with E-state index >= 15 is 0 Å². The quantitative estimate of drug-likeness (QED) is 0.781. The van der Waals surface area contributed by atoms with E-state index in [4.69, 9.17) is 0 Å². The second kappa shape index (κ2) is 5.42. The van der Waals surface area contributed by atoms with Gasteiger partial charge in [0.2, 0.25) is 0 Å². The number of hydrogen-bond donors (Lipinski definition) is 1. The average molecular weight is 310 g/mol. The largest absolute Gasteiger partial charge is 0.306 e. The van der Waals surface area contributed by atoms with Crippen LogP contribution in [0.1, 0.15) is 38.0 Å². The van der Waals surface area contributed by atoms with Crippen LogP contribution < -0.4 is 5.56 Å². The molecule has 3 aromatic heterocycles. The van der Waals surface area contributed by atoms with Crippen LogP contribution in [0.2, 0.25) is 0 Å². The topological polar surface area (TPSA) is 89.4 Å². The highest BCUT2D eigenvalue weighted by atomic mass is 16.1. The number of nitrogens with one attached hydrogen (secondary N) is 1. The standard InChI is InChI=1S/C16H18N6O/c1-16(2,3)15-17-7-10(8-18-15)5-6-12-20-13-11(14(23)21-12)9-19-22(13)4/h5-9H,1-4H3,(H,20,21,23)/b6-5+. The average Bonchev–Trinajstić information content (AvgIpc) is 2.87. The van der Waals surface area contributed by atoms with Gasteiger partial charge in [-0.05, 0) is 12.2 Å². The van der Waals surface area contributed by atoms with Crippen LogP contribution in [0.25, 0.3) is 23.2 Å². The highest BCUT2D eigenvalue weighted by molar-refractivity contribution is 5.75. The van der Waals surface area contributed by atoms with Crippen LogP contribution in [0.4, 0.5) is 0 Å². The van der Waals surface area contributed by atoms with Gasteiger partial charge in [0, 0.05) is 30.4 Å². The zero-order valence-corrected chi connectivity index (χ0v) is 13.5. The molecule has 0 aromatic carbocycles. The monoisotopic (exact) mass is 310 g/mol. The highest BCUT2D eigenvalue weighted by Gasteiger charge is 2.16. The fraction of sp³-hybridized carbons (Fsp3) is 0.312. The van der Waals surface area contributed by atoms with Crippen LogP contribution in [0, 0.1) is 0 Å². The Balaban J connectivity index is 1.91. The summed E-state index contributed by atoms with van der Waals surface area (Å²) in [6, 6.07) is 0. The fourth-order valence-corrected chi connectivity index (χ4v) is 2.12. The van der Waals surface area contributed by atoms with Crippen LogP contribution in [0.3, 0.4) is 0 Å². The van der Waals surface area contributed by atoms with Crippen LogP contribution in [0.15, 0.2) is 23.4 Å². The molecule has 0 unspecified atom stereocenters. The van der Waals surface area contributed by atoms with E-state index in [0.717, 1.165) is 11.4 Å². The maximum atomic E-state index is 12.0. The lowest BCUT2D eigenvalue weighted by Gasteiger charge is -2.15. The van der Waals surface area contributed by atoms with Gasteiger partial charge in [-0.15, -0.1) is 0 Å². The Hall–Kier alpha value is -2.83. The summed E-state index contributed by atoms with van der Waals surface area (Å²) in [6.07, 6.45) is 8.56. The van der Waals surface area contributed by atoms with E-state index in [9.17, 15) is 4.79 Å². The summed E-state index contributed by atoms with van der Waals surface area (Å²) in [7, 11) is 1.75. The molecular weight excluding hydrogens is 292 g/mol. The van der Waals surface area contributed by atoms with Crippen molar-refractivity contribution in [3.8, 4) is 0 Å². The van der Waals surface area contributed by atoms with Crippen LogP contribution in [-0.4, -0.2) is 29.7 Å². The lowest BCUT2D eigenvalue weighted by molar-refractivity contribution is 0.545. The lowest BCUT2D eigenvalue weighted by atomic mass is 9.96. The molecule has 3 aromatic rings. The summed E-state index contributed by atoms with van der Waals surface area (Å²) in [5.74, 6) is 1.25. The smallest absolute Gasteiger partial charge is 0.262 e. The van der Waals surface area contributed by atoms with E-state index < -0.39 is 0 Å². The molecule has 7 nitrogen and oxygen atoms in total. The number of fused-ring (bicyclic) bond motifs is 1. The zero-order chi connectivity index (χ0) is 16.6. The number of H-pyrrole nitrogens is 1. The zero-order valence-electron chi connectivity index (χ0n) is 13.5. The molecule has 0 amide bonds. The van der Waals surface area contributed by atoms with Gasteiger partial charge in [0.1, 0.15) is 17.0 Å². The Morgan fingerprint density at radius 3 is 2.48 bits per heavy atom. The number of rotatable bonds is 2. The Kier molecular flexibility index (Phi) is 3.55. The molecule has 23 heavy (non-hydrogen) atoms. The fourth-order valence-electron chi connectivity index (χ4n) is 2.12. The molecule has 7 heteroatoms. The number of hydrogen-bond acceptors (Lipinski definition) is 5. The summed E-state index contributed by atoms with van der Waals surface area (Å²) < 4.78 is 1.57. The first kappa shape index (κ1) is 15.1. The third-order valence-corrected chi connectivity index (χ3v) is 3.40. The number of aryl methyl sites for hydroxylation is 1. The molecule has 0 bridgehead atoms. The van der Waals surface area contributed by atoms with Gasteiger partial charge in [-0.2, -0.15) is 5.10 Å². The van der Waals surface area contributed by atoms with Gasteiger partial charge in [-0.25, -0.2) is 15.0 Å². The van der Waals surface area contributed by atoms with Crippen LogP contribution in [0.5, 0.6) is 0 Å². The van der Waals surface area contributed by atoms with E-state index in [1.165, 1.54) is 6.20 Å². The Morgan fingerprint density at radius 2 is 1.83 bits per heavy atom. The SMILES string of the molecule is Cn1ncc2c(=O)[nH]c(/C=C/c3cnc(C(C)(C)C)nc3)nc21. The second-order valence-corrected chi connectivity index (χ2v) is 6.38. The highest BCUT2D eigenvalue weighted by Crippen LogP contribution is 2.17. The van der Waals surface area contributed by atoms with Crippen molar-refractivity contribution in [2.24, 2.45) is 7.05 Å². The normalized spacial score (nSPS) is 12.3. The molecule has 0 saturated heterocycles. The molecule has 0 fully saturated rings. The molecular formula is C16H18N6O. The van der Waals surface area contributed by atoms with Gasteiger partial charge >= 0.3 is 0 Å².